The van der Waals surface area contributed by atoms with Crippen LogP contribution in [0.3, 0.4) is 0 Å². The van der Waals surface area contributed by atoms with Crippen LogP contribution in [0.15, 0.2) is 24.3 Å². The maximum absolute atomic E-state index is 10.6. The number of aliphatic hydroxyl groups is 1. The van der Waals surface area contributed by atoms with Gasteiger partial charge in [0.15, 0.2) is 0 Å². The molecule has 0 amide bonds. The smallest absolute Gasteiger partial charge is 0.123 e. The standard InChI is InChI=1S/C17H27NO3/c1-14(12-18)21-16-8-6-7-15(11-16)20-13-17(19)9-4-2-3-5-10-17/h6-8,11,14,19H,2-5,9-10,12-13,18H2,1H3/t14-/m1/s1. The van der Waals surface area contributed by atoms with E-state index in [0.29, 0.717) is 13.2 Å². The Labute approximate surface area is 127 Å². The van der Waals surface area contributed by atoms with Gasteiger partial charge in [0.25, 0.3) is 0 Å². The predicted molar refractivity (Wildman–Crippen MR) is 83.7 cm³/mol. The van der Waals surface area contributed by atoms with E-state index >= 15 is 0 Å². The third-order valence-electron chi connectivity index (χ3n) is 4.02. The van der Waals surface area contributed by atoms with E-state index in [0.717, 1.165) is 37.2 Å². The molecule has 0 radical (unpaired) electrons. The third kappa shape index (κ3) is 5.21. The minimum Gasteiger partial charge on any atom is -0.490 e. The molecule has 4 nitrogen and oxygen atoms in total. The van der Waals surface area contributed by atoms with E-state index in [1.54, 1.807) is 0 Å². The first-order valence-corrected chi connectivity index (χ1v) is 7.93. The molecule has 1 saturated carbocycles. The van der Waals surface area contributed by atoms with Crippen molar-refractivity contribution in [3.8, 4) is 11.5 Å². The van der Waals surface area contributed by atoms with Crippen LogP contribution in [0.25, 0.3) is 0 Å². The zero-order valence-corrected chi connectivity index (χ0v) is 12.9. The second-order valence-corrected chi connectivity index (χ2v) is 6.07. The van der Waals surface area contributed by atoms with Gasteiger partial charge in [0.2, 0.25) is 0 Å². The van der Waals surface area contributed by atoms with Gasteiger partial charge in [-0.2, -0.15) is 0 Å². The van der Waals surface area contributed by atoms with Gasteiger partial charge in [-0.25, -0.2) is 0 Å². The summed E-state index contributed by atoms with van der Waals surface area (Å²) in [6.45, 7) is 2.76. The van der Waals surface area contributed by atoms with Crippen LogP contribution in [0.5, 0.6) is 11.5 Å². The van der Waals surface area contributed by atoms with E-state index in [4.69, 9.17) is 15.2 Å². The largest absolute Gasteiger partial charge is 0.490 e. The van der Waals surface area contributed by atoms with Crippen LogP contribution < -0.4 is 15.2 Å². The average Bonchev–Trinajstić information content (AvgIpc) is 2.71. The van der Waals surface area contributed by atoms with Crippen molar-refractivity contribution in [2.45, 2.75) is 57.2 Å². The molecular formula is C17H27NO3. The summed E-state index contributed by atoms with van der Waals surface area (Å²) in [5, 5.41) is 10.6. The van der Waals surface area contributed by atoms with E-state index in [-0.39, 0.29) is 6.10 Å². The number of hydrogen-bond acceptors (Lipinski definition) is 4. The topological polar surface area (TPSA) is 64.7 Å². The fourth-order valence-electron chi connectivity index (χ4n) is 2.67. The summed E-state index contributed by atoms with van der Waals surface area (Å²) in [6, 6.07) is 7.52. The van der Waals surface area contributed by atoms with Crippen molar-refractivity contribution < 1.29 is 14.6 Å². The van der Waals surface area contributed by atoms with Gasteiger partial charge in [-0.05, 0) is 31.9 Å². The molecule has 1 aromatic rings. The molecule has 0 spiro atoms. The second kappa shape index (κ2) is 7.66. The highest BCUT2D eigenvalue weighted by atomic mass is 16.5. The van der Waals surface area contributed by atoms with Crippen molar-refractivity contribution in [1.29, 1.82) is 0 Å². The molecule has 0 bridgehead atoms. The van der Waals surface area contributed by atoms with Gasteiger partial charge in [-0.1, -0.05) is 31.7 Å². The molecule has 1 aliphatic rings. The predicted octanol–water partition coefficient (Wildman–Crippen LogP) is 2.88. The molecule has 118 valence electrons. The highest BCUT2D eigenvalue weighted by Gasteiger charge is 2.28. The lowest BCUT2D eigenvalue weighted by Crippen LogP contribution is -2.35. The molecule has 0 aliphatic heterocycles. The van der Waals surface area contributed by atoms with Crippen LogP contribution in [0.1, 0.15) is 45.4 Å². The van der Waals surface area contributed by atoms with E-state index in [2.05, 4.69) is 0 Å². The Morgan fingerprint density at radius 3 is 2.52 bits per heavy atom. The molecule has 0 heterocycles. The molecule has 1 fully saturated rings. The van der Waals surface area contributed by atoms with E-state index < -0.39 is 5.60 Å². The number of hydrogen-bond donors (Lipinski definition) is 2. The molecule has 1 aromatic carbocycles. The van der Waals surface area contributed by atoms with Gasteiger partial charge < -0.3 is 20.3 Å². The Morgan fingerprint density at radius 1 is 1.19 bits per heavy atom. The first kappa shape index (κ1) is 16.1. The van der Waals surface area contributed by atoms with Crippen LogP contribution >= 0.6 is 0 Å². The lowest BCUT2D eigenvalue weighted by molar-refractivity contribution is -0.0174. The van der Waals surface area contributed by atoms with E-state index in [9.17, 15) is 5.11 Å². The van der Waals surface area contributed by atoms with Gasteiger partial charge in [0.05, 0.1) is 5.60 Å². The minimum absolute atomic E-state index is 0.0220. The van der Waals surface area contributed by atoms with Gasteiger partial charge in [0, 0.05) is 12.6 Å². The number of rotatable bonds is 6. The van der Waals surface area contributed by atoms with Crippen molar-refractivity contribution >= 4 is 0 Å². The van der Waals surface area contributed by atoms with Crippen LogP contribution in [0.4, 0.5) is 0 Å². The molecule has 0 saturated heterocycles. The van der Waals surface area contributed by atoms with Crippen molar-refractivity contribution in [2.75, 3.05) is 13.2 Å². The summed E-state index contributed by atoms with van der Waals surface area (Å²) in [6.07, 6.45) is 6.21. The van der Waals surface area contributed by atoms with Gasteiger partial charge in [-0.3, -0.25) is 0 Å². The Morgan fingerprint density at radius 2 is 1.86 bits per heavy atom. The summed E-state index contributed by atoms with van der Waals surface area (Å²) in [5.41, 5.74) is 4.87. The molecule has 21 heavy (non-hydrogen) atoms. The Kier molecular flexibility index (Phi) is 5.88. The quantitative estimate of drug-likeness (QED) is 0.792. The van der Waals surface area contributed by atoms with E-state index in [1.807, 2.05) is 31.2 Å². The zero-order valence-electron chi connectivity index (χ0n) is 12.9. The van der Waals surface area contributed by atoms with Crippen LogP contribution in [0, 0.1) is 0 Å². The summed E-state index contributed by atoms with van der Waals surface area (Å²) in [7, 11) is 0. The summed E-state index contributed by atoms with van der Waals surface area (Å²) in [5.74, 6) is 1.48. The minimum atomic E-state index is -0.683. The monoisotopic (exact) mass is 293 g/mol. The molecule has 0 aromatic heterocycles. The first-order chi connectivity index (χ1) is 10.1. The Hall–Kier alpha value is -1.26. The van der Waals surface area contributed by atoms with Crippen molar-refractivity contribution in [1.82, 2.24) is 0 Å². The van der Waals surface area contributed by atoms with Gasteiger partial charge >= 0.3 is 0 Å². The maximum Gasteiger partial charge on any atom is 0.123 e. The first-order valence-electron chi connectivity index (χ1n) is 7.93. The molecule has 1 atom stereocenters. The SMILES string of the molecule is C[C@H](CN)Oc1cccc(OCC2(O)CCCCCC2)c1. The summed E-state index contributed by atoms with van der Waals surface area (Å²) >= 11 is 0. The van der Waals surface area contributed by atoms with Crippen molar-refractivity contribution in [3.63, 3.8) is 0 Å². The molecule has 2 rings (SSSR count). The van der Waals surface area contributed by atoms with Crippen LogP contribution in [-0.2, 0) is 0 Å². The van der Waals surface area contributed by atoms with Crippen molar-refractivity contribution in [2.24, 2.45) is 5.73 Å². The van der Waals surface area contributed by atoms with Gasteiger partial charge in [-0.15, -0.1) is 0 Å². The van der Waals surface area contributed by atoms with Gasteiger partial charge in [0.1, 0.15) is 24.2 Å². The Bertz CT molecular complexity index is 428. The highest BCUT2D eigenvalue weighted by Crippen LogP contribution is 2.28. The van der Waals surface area contributed by atoms with Crippen LogP contribution in [-0.4, -0.2) is 30.0 Å². The molecular weight excluding hydrogens is 266 g/mol. The van der Waals surface area contributed by atoms with Crippen LogP contribution in [0.2, 0.25) is 0 Å². The highest BCUT2D eigenvalue weighted by molar-refractivity contribution is 5.33. The zero-order chi connectivity index (χ0) is 15.1. The molecule has 0 unspecified atom stereocenters. The third-order valence-corrected chi connectivity index (χ3v) is 4.02. The molecule has 4 heteroatoms. The fourth-order valence-corrected chi connectivity index (χ4v) is 2.67. The lowest BCUT2D eigenvalue weighted by atomic mass is 9.96. The number of ether oxygens (including phenoxy) is 2. The summed E-state index contributed by atoms with van der Waals surface area (Å²) < 4.78 is 11.5. The Balaban J connectivity index is 1.91. The fraction of sp³-hybridized carbons (Fsp3) is 0.647. The average molecular weight is 293 g/mol. The second-order valence-electron chi connectivity index (χ2n) is 6.07. The number of nitrogens with two attached hydrogens (primary N) is 1. The normalized spacial score (nSPS) is 19.6. The lowest BCUT2D eigenvalue weighted by Gasteiger charge is -2.26. The molecule has 3 N–H and O–H groups in total. The number of benzene rings is 1. The van der Waals surface area contributed by atoms with Crippen molar-refractivity contribution in [3.05, 3.63) is 24.3 Å². The maximum atomic E-state index is 10.6. The van der Waals surface area contributed by atoms with E-state index in [1.165, 1.54) is 12.8 Å². The molecule has 1 aliphatic carbocycles. The summed E-state index contributed by atoms with van der Waals surface area (Å²) in [4.78, 5) is 0.